The Morgan fingerprint density at radius 3 is 2.20 bits per heavy atom. The molecule has 0 saturated carbocycles. The summed E-state index contributed by atoms with van der Waals surface area (Å²) in [7, 11) is 0. The van der Waals surface area contributed by atoms with E-state index in [0.717, 1.165) is 5.56 Å². The predicted molar refractivity (Wildman–Crippen MR) is 60.3 cm³/mol. The number of nitrogens with zero attached hydrogens (tertiary/aromatic N) is 2. The Kier molecular flexibility index (Phi) is 5.15. The summed E-state index contributed by atoms with van der Waals surface area (Å²) in [6, 6.07) is 9.65. The lowest BCUT2D eigenvalue weighted by Gasteiger charge is -1.89. The van der Waals surface area contributed by atoms with Crippen LogP contribution in [0.2, 0.25) is 0 Å². The van der Waals surface area contributed by atoms with Gasteiger partial charge in [-0.1, -0.05) is 50.0 Å². The first-order valence-electron chi connectivity index (χ1n) is 5.20. The van der Waals surface area contributed by atoms with Gasteiger partial charge in [-0.2, -0.15) is 4.98 Å². The smallest absolute Gasteiger partial charge is 0.257 e. The fourth-order valence-electron chi connectivity index (χ4n) is 0.881. The van der Waals surface area contributed by atoms with Gasteiger partial charge in [0.05, 0.1) is 0 Å². The monoisotopic (exact) mass is 204 g/mol. The van der Waals surface area contributed by atoms with Crippen LogP contribution in [0.25, 0.3) is 11.5 Å². The molecule has 0 atom stereocenters. The maximum absolute atomic E-state index is 4.86. The molecule has 0 aliphatic carbocycles. The summed E-state index contributed by atoms with van der Waals surface area (Å²) < 4.78 is 4.86. The van der Waals surface area contributed by atoms with Gasteiger partial charge in [-0.3, -0.25) is 0 Å². The van der Waals surface area contributed by atoms with Gasteiger partial charge in [-0.25, -0.2) is 0 Å². The molecular formula is C12H16N2O. The van der Waals surface area contributed by atoms with Crippen molar-refractivity contribution in [3.63, 3.8) is 0 Å². The number of benzene rings is 1. The fraction of sp³-hybridized carbons (Fsp3) is 0.333. The number of hydrogen-bond acceptors (Lipinski definition) is 3. The van der Waals surface area contributed by atoms with E-state index in [-0.39, 0.29) is 0 Å². The third-order valence-corrected chi connectivity index (χ3v) is 1.88. The van der Waals surface area contributed by atoms with E-state index in [9.17, 15) is 0 Å². The fourth-order valence-corrected chi connectivity index (χ4v) is 0.881. The van der Waals surface area contributed by atoms with E-state index in [2.05, 4.69) is 24.0 Å². The Hall–Kier alpha value is -1.64. The van der Waals surface area contributed by atoms with Crippen LogP contribution in [0.1, 0.15) is 26.7 Å². The van der Waals surface area contributed by atoms with Crippen LogP contribution in [0.4, 0.5) is 0 Å². The average molecular weight is 204 g/mol. The molecule has 15 heavy (non-hydrogen) atoms. The molecular weight excluding hydrogens is 188 g/mol. The van der Waals surface area contributed by atoms with Crippen molar-refractivity contribution in [2.75, 3.05) is 0 Å². The normalized spacial score (nSPS) is 9.20. The Balaban J connectivity index is 0.000000245. The van der Waals surface area contributed by atoms with Crippen molar-refractivity contribution in [3.8, 4) is 11.5 Å². The standard InChI is InChI=1S/C8H6N2O.C4H10/c1-2-4-7(5-3-1)8-9-6-10-11-8;1-3-4-2/h1-6H;3-4H2,1-2H3. The highest BCUT2D eigenvalue weighted by atomic mass is 16.5. The largest absolute Gasteiger partial charge is 0.334 e. The zero-order chi connectivity index (χ0) is 10.9. The minimum atomic E-state index is 0.561. The lowest BCUT2D eigenvalue weighted by molar-refractivity contribution is 0.430. The quantitative estimate of drug-likeness (QED) is 0.751. The van der Waals surface area contributed by atoms with Crippen molar-refractivity contribution < 1.29 is 4.52 Å². The summed E-state index contributed by atoms with van der Waals surface area (Å²) in [5.74, 6) is 0.561. The van der Waals surface area contributed by atoms with Crippen LogP contribution >= 0.6 is 0 Å². The second-order valence-corrected chi connectivity index (χ2v) is 3.11. The first kappa shape index (κ1) is 11.4. The SMILES string of the molecule is CCCC.c1ccc(-c2ncno2)cc1. The van der Waals surface area contributed by atoms with Crippen LogP contribution < -0.4 is 0 Å². The molecule has 0 N–H and O–H groups in total. The van der Waals surface area contributed by atoms with Crippen molar-refractivity contribution in [2.24, 2.45) is 0 Å². The highest BCUT2D eigenvalue weighted by Gasteiger charge is 1.99. The van der Waals surface area contributed by atoms with Crippen LogP contribution in [0.15, 0.2) is 41.2 Å². The summed E-state index contributed by atoms with van der Waals surface area (Å²) in [6.07, 6.45) is 4.03. The molecule has 3 heteroatoms. The third-order valence-electron chi connectivity index (χ3n) is 1.88. The predicted octanol–water partition coefficient (Wildman–Crippen LogP) is 3.54. The van der Waals surface area contributed by atoms with Crippen molar-refractivity contribution in [1.82, 2.24) is 10.1 Å². The van der Waals surface area contributed by atoms with Gasteiger partial charge >= 0.3 is 0 Å². The van der Waals surface area contributed by atoms with Gasteiger partial charge in [0.1, 0.15) is 0 Å². The van der Waals surface area contributed by atoms with Crippen LogP contribution in [0.5, 0.6) is 0 Å². The topological polar surface area (TPSA) is 38.9 Å². The number of rotatable bonds is 2. The molecule has 0 fully saturated rings. The van der Waals surface area contributed by atoms with E-state index in [1.807, 2.05) is 30.3 Å². The molecule has 0 aliphatic heterocycles. The molecule has 1 aromatic heterocycles. The molecule has 1 aromatic carbocycles. The Morgan fingerprint density at radius 2 is 1.73 bits per heavy atom. The summed E-state index contributed by atoms with van der Waals surface area (Å²) >= 11 is 0. The van der Waals surface area contributed by atoms with Gasteiger partial charge in [0.25, 0.3) is 5.89 Å². The van der Waals surface area contributed by atoms with E-state index in [0.29, 0.717) is 5.89 Å². The van der Waals surface area contributed by atoms with Gasteiger partial charge in [-0.15, -0.1) is 0 Å². The maximum Gasteiger partial charge on any atom is 0.257 e. The van der Waals surface area contributed by atoms with Crippen LogP contribution in [-0.4, -0.2) is 10.1 Å². The summed E-state index contributed by atoms with van der Waals surface area (Å²) in [5.41, 5.74) is 0.949. The first-order valence-corrected chi connectivity index (χ1v) is 5.20. The van der Waals surface area contributed by atoms with Gasteiger partial charge < -0.3 is 4.52 Å². The van der Waals surface area contributed by atoms with Crippen LogP contribution in [0, 0.1) is 0 Å². The number of unbranched alkanes of at least 4 members (excludes halogenated alkanes) is 1. The molecule has 2 rings (SSSR count). The Morgan fingerprint density at radius 1 is 1.07 bits per heavy atom. The lowest BCUT2D eigenvalue weighted by atomic mass is 10.2. The molecule has 80 valence electrons. The minimum absolute atomic E-state index is 0.561. The van der Waals surface area contributed by atoms with E-state index >= 15 is 0 Å². The average Bonchev–Trinajstić information content (AvgIpc) is 2.84. The van der Waals surface area contributed by atoms with E-state index in [1.54, 1.807) is 0 Å². The molecule has 0 unspecified atom stereocenters. The van der Waals surface area contributed by atoms with Crippen LogP contribution in [0.3, 0.4) is 0 Å². The van der Waals surface area contributed by atoms with Gasteiger partial charge in [0.15, 0.2) is 6.33 Å². The van der Waals surface area contributed by atoms with Gasteiger partial charge in [-0.05, 0) is 12.1 Å². The van der Waals surface area contributed by atoms with Crippen molar-refractivity contribution >= 4 is 0 Å². The molecule has 0 amide bonds. The molecule has 0 bridgehead atoms. The second kappa shape index (κ2) is 6.76. The first-order chi connectivity index (χ1) is 7.38. The highest BCUT2D eigenvalue weighted by molar-refractivity contribution is 5.51. The van der Waals surface area contributed by atoms with E-state index < -0.39 is 0 Å². The number of hydrogen-bond donors (Lipinski definition) is 0. The zero-order valence-corrected chi connectivity index (χ0v) is 9.18. The second-order valence-electron chi connectivity index (χ2n) is 3.11. The van der Waals surface area contributed by atoms with E-state index in [1.165, 1.54) is 19.2 Å². The summed E-state index contributed by atoms with van der Waals surface area (Å²) in [5, 5.41) is 3.51. The molecule has 3 nitrogen and oxygen atoms in total. The summed E-state index contributed by atoms with van der Waals surface area (Å²) in [4.78, 5) is 3.91. The summed E-state index contributed by atoms with van der Waals surface area (Å²) in [6.45, 7) is 4.36. The van der Waals surface area contributed by atoms with Crippen LogP contribution in [-0.2, 0) is 0 Å². The van der Waals surface area contributed by atoms with Crippen molar-refractivity contribution in [3.05, 3.63) is 36.7 Å². The number of aromatic nitrogens is 2. The van der Waals surface area contributed by atoms with Crippen molar-refractivity contribution in [2.45, 2.75) is 26.7 Å². The molecule has 2 aromatic rings. The molecule has 0 saturated heterocycles. The molecule has 0 radical (unpaired) electrons. The highest BCUT2D eigenvalue weighted by Crippen LogP contribution is 2.13. The lowest BCUT2D eigenvalue weighted by Crippen LogP contribution is -1.73. The van der Waals surface area contributed by atoms with E-state index in [4.69, 9.17) is 4.52 Å². The maximum atomic E-state index is 4.86. The Labute approximate surface area is 90.1 Å². The Bertz CT molecular complexity index is 341. The molecule has 0 aliphatic rings. The zero-order valence-electron chi connectivity index (χ0n) is 9.18. The van der Waals surface area contributed by atoms with Gasteiger partial charge in [0.2, 0.25) is 0 Å². The van der Waals surface area contributed by atoms with Crippen molar-refractivity contribution in [1.29, 1.82) is 0 Å². The third kappa shape index (κ3) is 3.94. The minimum Gasteiger partial charge on any atom is -0.334 e. The molecule has 0 spiro atoms. The van der Waals surface area contributed by atoms with Gasteiger partial charge in [0, 0.05) is 5.56 Å². The molecule has 1 heterocycles.